The summed E-state index contributed by atoms with van der Waals surface area (Å²) in [4.78, 5) is 23.4. The Morgan fingerprint density at radius 3 is 3.00 bits per heavy atom. The highest BCUT2D eigenvalue weighted by Gasteiger charge is 2.25. The van der Waals surface area contributed by atoms with Crippen LogP contribution in [0.1, 0.15) is 32.2 Å². The molecular weight excluding hydrogens is 308 g/mol. The average molecular weight is 326 g/mol. The lowest BCUT2D eigenvalue weighted by Gasteiger charge is -2.25. The predicted octanol–water partition coefficient (Wildman–Crippen LogP) is 3.02. The number of thiazole rings is 1. The molecule has 1 aromatic carbocycles. The number of aromatic nitrogens is 2. The molecular formula is C17H18N4OS. The van der Waals surface area contributed by atoms with E-state index in [9.17, 15) is 4.79 Å². The van der Waals surface area contributed by atoms with Gasteiger partial charge in [-0.1, -0.05) is 11.6 Å². The summed E-state index contributed by atoms with van der Waals surface area (Å²) in [5, 5.41) is 1.67. The summed E-state index contributed by atoms with van der Waals surface area (Å²) >= 11 is 1.48. The summed E-state index contributed by atoms with van der Waals surface area (Å²) in [7, 11) is 0. The van der Waals surface area contributed by atoms with Crippen LogP contribution in [0.25, 0.3) is 10.9 Å². The van der Waals surface area contributed by atoms with Crippen molar-refractivity contribution in [2.75, 3.05) is 12.3 Å². The fraction of sp³-hybridized carbons (Fsp3) is 0.294. The molecule has 3 heterocycles. The fourth-order valence-electron chi connectivity index (χ4n) is 3.29. The second-order valence-corrected chi connectivity index (χ2v) is 7.24. The van der Waals surface area contributed by atoms with Crippen LogP contribution in [0.2, 0.25) is 0 Å². The van der Waals surface area contributed by atoms with Crippen molar-refractivity contribution in [3.05, 3.63) is 45.6 Å². The number of nitrogens with two attached hydrogens (primary N) is 1. The summed E-state index contributed by atoms with van der Waals surface area (Å²) in [5.74, 6) is 0.0378. The normalized spacial score (nSPS) is 14.3. The highest BCUT2D eigenvalue weighted by molar-refractivity contribution is 7.15. The molecule has 0 saturated heterocycles. The maximum absolute atomic E-state index is 12.8. The van der Waals surface area contributed by atoms with Crippen LogP contribution in [0.4, 0.5) is 5.13 Å². The SMILES string of the molecule is Cc1cc(C)c2[nH]c(C(=O)N3CCc4nc(N)sc4C3)cc2c1. The standard InChI is InChI=1S/C17H18N4OS/c1-9-5-10(2)15-11(6-9)7-13(19-15)16(22)21-4-3-12-14(8-21)23-17(18)20-12/h5-7,19H,3-4,8H2,1-2H3,(H2,18,20). The summed E-state index contributed by atoms with van der Waals surface area (Å²) in [6.45, 7) is 5.41. The van der Waals surface area contributed by atoms with E-state index < -0.39 is 0 Å². The summed E-state index contributed by atoms with van der Waals surface area (Å²) in [6.07, 6.45) is 0.771. The number of amides is 1. The van der Waals surface area contributed by atoms with Gasteiger partial charge in [0.15, 0.2) is 5.13 Å². The molecule has 0 spiro atoms. The smallest absolute Gasteiger partial charge is 0.270 e. The molecule has 3 aromatic rings. The number of carbonyl (C=O) groups is 1. The van der Waals surface area contributed by atoms with E-state index >= 15 is 0 Å². The minimum Gasteiger partial charge on any atom is -0.375 e. The Labute approximate surface area is 138 Å². The first-order chi connectivity index (χ1) is 11.0. The van der Waals surface area contributed by atoms with Crippen LogP contribution in [-0.4, -0.2) is 27.3 Å². The Hall–Kier alpha value is -2.34. The number of fused-ring (bicyclic) bond motifs is 2. The molecule has 23 heavy (non-hydrogen) atoms. The van der Waals surface area contributed by atoms with Gasteiger partial charge >= 0.3 is 0 Å². The first-order valence-electron chi connectivity index (χ1n) is 7.64. The topological polar surface area (TPSA) is 75.0 Å². The van der Waals surface area contributed by atoms with Gasteiger partial charge < -0.3 is 15.6 Å². The number of nitrogen functional groups attached to an aromatic ring is 1. The van der Waals surface area contributed by atoms with Crippen molar-refractivity contribution in [1.82, 2.24) is 14.9 Å². The third kappa shape index (κ3) is 2.39. The number of anilines is 1. The van der Waals surface area contributed by atoms with Gasteiger partial charge in [0.2, 0.25) is 0 Å². The molecule has 0 aliphatic carbocycles. The zero-order valence-corrected chi connectivity index (χ0v) is 14.0. The number of aryl methyl sites for hydroxylation is 2. The minimum atomic E-state index is 0.0378. The summed E-state index contributed by atoms with van der Waals surface area (Å²) in [6, 6.07) is 6.18. The second-order valence-electron chi connectivity index (χ2n) is 6.13. The zero-order valence-electron chi connectivity index (χ0n) is 13.1. The van der Waals surface area contributed by atoms with E-state index in [-0.39, 0.29) is 5.91 Å². The maximum atomic E-state index is 12.8. The molecule has 3 N–H and O–H groups in total. The van der Waals surface area contributed by atoms with E-state index in [0.717, 1.165) is 33.5 Å². The maximum Gasteiger partial charge on any atom is 0.270 e. The van der Waals surface area contributed by atoms with E-state index in [1.54, 1.807) is 0 Å². The molecule has 0 atom stereocenters. The molecule has 0 radical (unpaired) electrons. The van der Waals surface area contributed by atoms with E-state index in [1.165, 1.54) is 16.9 Å². The minimum absolute atomic E-state index is 0.0378. The van der Waals surface area contributed by atoms with Gasteiger partial charge in [0, 0.05) is 28.7 Å². The van der Waals surface area contributed by atoms with Gasteiger partial charge in [-0.2, -0.15) is 0 Å². The quantitative estimate of drug-likeness (QED) is 0.722. The molecule has 2 aromatic heterocycles. The van der Waals surface area contributed by atoms with Crippen molar-refractivity contribution in [3.8, 4) is 0 Å². The van der Waals surface area contributed by atoms with Crippen molar-refractivity contribution in [2.45, 2.75) is 26.8 Å². The number of hydrogen-bond donors (Lipinski definition) is 2. The number of carbonyl (C=O) groups excluding carboxylic acids is 1. The number of H-pyrrole nitrogens is 1. The van der Waals surface area contributed by atoms with Gasteiger partial charge in [0.25, 0.3) is 5.91 Å². The lowest BCUT2D eigenvalue weighted by Crippen LogP contribution is -2.35. The van der Waals surface area contributed by atoms with Crippen LogP contribution >= 0.6 is 11.3 Å². The van der Waals surface area contributed by atoms with Crippen molar-refractivity contribution in [3.63, 3.8) is 0 Å². The zero-order chi connectivity index (χ0) is 16.1. The molecule has 1 aliphatic heterocycles. The third-order valence-corrected chi connectivity index (χ3v) is 5.25. The van der Waals surface area contributed by atoms with Crippen molar-refractivity contribution >= 4 is 33.3 Å². The van der Waals surface area contributed by atoms with Crippen LogP contribution in [0.3, 0.4) is 0 Å². The van der Waals surface area contributed by atoms with Gasteiger partial charge in [-0.25, -0.2) is 4.98 Å². The Morgan fingerprint density at radius 2 is 2.17 bits per heavy atom. The van der Waals surface area contributed by atoms with Gasteiger partial charge in [-0.05, 0) is 31.5 Å². The fourth-order valence-corrected chi connectivity index (χ4v) is 4.18. The number of aromatic amines is 1. The highest BCUT2D eigenvalue weighted by atomic mass is 32.1. The van der Waals surface area contributed by atoms with E-state index in [2.05, 4.69) is 35.9 Å². The van der Waals surface area contributed by atoms with Crippen molar-refractivity contribution in [1.29, 1.82) is 0 Å². The molecule has 5 nitrogen and oxygen atoms in total. The van der Waals surface area contributed by atoms with Crippen LogP contribution in [0.5, 0.6) is 0 Å². The number of nitrogens with one attached hydrogen (secondary N) is 1. The number of benzene rings is 1. The van der Waals surface area contributed by atoms with Gasteiger partial charge in [-0.3, -0.25) is 4.79 Å². The molecule has 0 saturated carbocycles. The third-order valence-electron chi connectivity index (χ3n) is 4.34. The first-order valence-corrected chi connectivity index (χ1v) is 8.46. The van der Waals surface area contributed by atoms with E-state index in [1.807, 2.05) is 11.0 Å². The average Bonchev–Trinajstić information content (AvgIpc) is 3.07. The van der Waals surface area contributed by atoms with E-state index in [4.69, 9.17) is 5.73 Å². The number of hydrogen-bond acceptors (Lipinski definition) is 4. The summed E-state index contributed by atoms with van der Waals surface area (Å²) < 4.78 is 0. The largest absolute Gasteiger partial charge is 0.375 e. The molecule has 0 bridgehead atoms. The van der Waals surface area contributed by atoms with Crippen LogP contribution in [-0.2, 0) is 13.0 Å². The van der Waals surface area contributed by atoms with Crippen molar-refractivity contribution in [2.24, 2.45) is 0 Å². The van der Waals surface area contributed by atoms with Crippen LogP contribution in [0, 0.1) is 13.8 Å². The molecule has 0 fully saturated rings. The Morgan fingerprint density at radius 1 is 1.35 bits per heavy atom. The van der Waals surface area contributed by atoms with E-state index in [0.29, 0.717) is 23.9 Å². The second kappa shape index (κ2) is 5.09. The first kappa shape index (κ1) is 14.3. The molecule has 4 rings (SSSR count). The number of nitrogens with zero attached hydrogens (tertiary/aromatic N) is 2. The van der Waals surface area contributed by atoms with Gasteiger partial charge in [0.1, 0.15) is 5.69 Å². The lowest BCUT2D eigenvalue weighted by molar-refractivity contribution is 0.0731. The Bertz CT molecular complexity index is 924. The predicted molar refractivity (Wildman–Crippen MR) is 92.7 cm³/mol. The Balaban J connectivity index is 1.66. The Kier molecular flexibility index (Phi) is 3.16. The van der Waals surface area contributed by atoms with Gasteiger partial charge in [-0.15, -0.1) is 11.3 Å². The van der Waals surface area contributed by atoms with Crippen molar-refractivity contribution < 1.29 is 4.79 Å². The van der Waals surface area contributed by atoms with Crippen LogP contribution in [0.15, 0.2) is 18.2 Å². The molecule has 6 heteroatoms. The molecule has 0 unspecified atom stereocenters. The summed E-state index contributed by atoms with van der Waals surface area (Å²) in [5.41, 5.74) is 10.9. The molecule has 1 amide bonds. The molecule has 118 valence electrons. The monoisotopic (exact) mass is 326 g/mol. The van der Waals surface area contributed by atoms with Crippen LogP contribution < -0.4 is 5.73 Å². The van der Waals surface area contributed by atoms with Gasteiger partial charge in [0.05, 0.1) is 12.2 Å². The highest BCUT2D eigenvalue weighted by Crippen LogP contribution is 2.28. The number of rotatable bonds is 1. The lowest BCUT2D eigenvalue weighted by atomic mass is 10.1. The molecule has 1 aliphatic rings.